The summed E-state index contributed by atoms with van der Waals surface area (Å²) in [5.74, 6) is 0.840. The minimum atomic E-state index is 0.431. The molecular formula is C35H73N3. The first-order chi connectivity index (χ1) is 18.4. The maximum Gasteiger partial charge on any atom is 0.193 e. The van der Waals surface area contributed by atoms with Crippen molar-refractivity contribution in [3.05, 3.63) is 0 Å². The number of hydrogen-bond donors (Lipinski definition) is 1. The lowest BCUT2D eigenvalue weighted by Crippen LogP contribution is -2.45. The molecule has 0 rings (SSSR count). The standard InChI is InChI=1S/C35H73N3/c1-7-11-15-18-21-24-30-37(31-25-22-19-16-12-8-2)34(36)38(32-26-23-20-17-13-9-3)33-27-29-35(5,6)28-14-10-4/h36H,7-33H2,1-6H3. The van der Waals surface area contributed by atoms with Crippen molar-refractivity contribution in [2.45, 2.75) is 189 Å². The fourth-order valence-corrected chi connectivity index (χ4v) is 5.62. The van der Waals surface area contributed by atoms with Gasteiger partial charge in [-0.1, -0.05) is 151 Å². The fourth-order valence-electron chi connectivity index (χ4n) is 5.62. The molecule has 38 heavy (non-hydrogen) atoms. The van der Waals surface area contributed by atoms with Crippen LogP contribution in [0.2, 0.25) is 0 Å². The van der Waals surface area contributed by atoms with Crippen molar-refractivity contribution in [3.63, 3.8) is 0 Å². The van der Waals surface area contributed by atoms with E-state index >= 15 is 0 Å². The van der Waals surface area contributed by atoms with E-state index in [1.807, 2.05) is 0 Å². The van der Waals surface area contributed by atoms with E-state index in [1.54, 1.807) is 0 Å². The van der Waals surface area contributed by atoms with E-state index in [9.17, 15) is 5.41 Å². The highest BCUT2D eigenvalue weighted by molar-refractivity contribution is 5.76. The second-order valence-electron chi connectivity index (χ2n) is 13.0. The molecule has 0 heterocycles. The van der Waals surface area contributed by atoms with Crippen LogP contribution in [0.4, 0.5) is 0 Å². The Balaban J connectivity index is 5.05. The Morgan fingerprint density at radius 2 is 0.711 bits per heavy atom. The van der Waals surface area contributed by atoms with Crippen molar-refractivity contribution in [2.75, 3.05) is 26.2 Å². The van der Waals surface area contributed by atoms with Crippen LogP contribution in [0.3, 0.4) is 0 Å². The van der Waals surface area contributed by atoms with Gasteiger partial charge in [0.25, 0.3) is 0 Å². The molecule has 0 saturated heterocycles. The largest absolute Gasteiger partial charge is 0.343 e. The van der Waals surface area contributed by atoms with E-state index in [-0.39, 0.29) is 0 Å². The second-order valence-corrected chi connectivity index (χ2v) is 13.0. The number of unbranched alkanes of at least 4 members (excludes halogenated alkanes) is 16. The maximum absolute atomic E-state index is 9.34. The summed E-state index contributed by atoms with van der Waals surface area (Å²) in [6, 6.07) is 0. The summed E-state index contributed by atoms with van der Waals surface area (Å²) in [6.07, 6.45) is 30.5. The molecule has 0 amide bonds. The molecule has 3 nitrogen and oxygen atoms in total. The highest BCUT2D eigenvalue weighted by atomic mass is 15.4. The lowest BCUT2D eigenvalue weighted by Gasteiger charge is -2.35. The predicted molar refractivity (Wildman–Crippen MR) is 174 cm³/mol. The van der Waals surface area contributed by atoms with Gasteiger partial charge in [-0.15, -0.1) is 0 Å². The van der Waals surface area contributed by atoms with E-state index in [1.165, 1.54) is 148 Å². The Morgan fingerprint density at radius 3 is 1.08 bits per heavy atom. The Morgan fingerprint density at radius 1 is 0.421 bits per heavy atom. The van der Waals surface area contributed by atoms with Gasteiger partial charge in [-0.3, -0.25) is 5.41 Å². The van der Waals surface area contributed by atoms with Crippen LogP contribution in [-0.4, -0.2) is 41.9 Å². The van der Waals surface area contributed by atoms with E-state index < -0.39 is 0 Å². The van der Waals surface area contributed by atoms with Crippen molar-refractivity contribution >= 4 is 5.96 Å². The van der Waals surface area contributed by atoms with Crippen LogP contribution >= 0.6 is 0 Å². The molecule has 3 heteroatoms. The summed E-state index contributed by atoms with van der Waals surface area (Å²) in [7, 11) is 0. The molecule has 0 saturated carbocycles. The molecule has 0 radical (unpaired) electrons. The summed E-state index contributed by atoms with van der Waals surface area (Å²) in [5.41, 5.74) is 0.431. The Labute approximate surface area is 241 Å². The lowest BCUT2D eigenvalue weighted by atomic mass is 9.83. The topological polar surface area (TPSA) is 30.3 Å². The highest BCUT2D eigenvalue weighted by Crippen LogP contribution is 2.29. The first kappa shape index (κ1) is 37.3. The fraction of sp³-hybridized carbons (Fsp3) is 0.971. The zero-order chi connectivity index (χ0) is 28.3. The van der Waals surface area contributed by atoms with Gasteiger partial charge in [0, 0.05) is 26.2 Å². The lowest BCUT2D eigenvalue weighted by molar-refractivity contribution is 0.253. The van der Waals surface area contributed by atoms with Crippen LogP contribution in [0.25, 0.3) is 0 Å². The first-order valence-electron chi connectivity index (χ1n) is 17.5. The van der Waals surface area contributed by atoms with E-state index in [0.29, 0.717) is 5.41 Å². The van der Waals surface area contributed by atoms with Crippen molar-refractivity contribution < 1.29 is 0 Å². The molecule has 0 unspecified atom stereocenters. The third-order valence-electron chi connectivity index (χ3n) is 8.43. The van der Waals surface area contributed by atoms with Gasteiger partial charge in [0.2, 0.25) is 0 Å². The van der Waals surface area contributed by atoms with Crippen LogP contribution < -0.4 is 0 Å². The van der Waals surface area contributed by atoms with Gasteiger partial charge in [-0.25, -0.2) is 0 Å². The first-order valence-corrected chi connectivity index (χ1v) is 17.5. The molecule has 0 fully saturated rings. The van der Waals surface area contributed by atoms with Crippen LogP contribution in [0, 0.1) is 10.8 Å². The highest BCUT2D eigenvalue weighted by Gasteiger charge is 2.20. The summed E-state index contributed by atoms with van der Waals surface area (Å²) in [6.45, 7) is 18.4. The second kappa shape index (κ2) is 26.5. The maximum atomic E-state index is 9.34. The number of nitrogens with one attached hydrogen (secondary N) is 1. The van der Waals surface area contributed by atoms with Crippen LogP contribution in [0.15, 0.2) is 0 Å². The number of rotatable bonds is 28. The predicted octanol–water partition coefficient (Wildman–Crippen LogP) is 11.6. The molecule has 0 bridgehead atoms. The molecular weight excluding hydrogens is 462 g/mol. The van der Waals surface area contributed by atoms with Crippen LogP contribution in [-0.2, 0) is 0 Å². The summed E-state index contributed by atoms with van der Waals surface area (Å²) < 4.78 is 0. The minimum absolute atomic E-state index is 0.431. The van der Waals surface area contributed by atoms with Gasteiger partial charge in [0.05, 0.1) is 0 Å². The molecule has 0 aromatic rings. The molecule has 228 valence electrons. The third kappa shape index (κ3) is 22.1. The Hall–Kier alpha value is -0.730. The number of hydrogen-bond acceptors (Lipinski definition) is 1. The summed E-state index contributed by atoms with van der Waals surface area (Å²) in [5, 5.41) is 9.34. The van der Waals surface area contributed by atoms with Gasteiger partial charge in [-0.05, 0) is 43.9 Å². The third-order valence-corrected chi connectivity index (χ3v) is 8.43. The quantitative estimate of drug-likeness (QED) is 0.0613. The molecule has 0 aliphatic rings. The van der Waals surface area contributed by atoms with Crippen LogP contribution in [0.5, 0.6) is 0 Å². The van der Waals surface area contributed by atoms with Crippen molar-refractivity contribution in [1.82, 2.24) is 9.80 Å². The zero-order valence-electron chi connectivity index (χ0n) is 27.5. The molecule has 0 aromatic carbocycles. The zero-order valence-corrected chi connectivity index (χ0v) is 27.5. The van der Waals surface area contributed by atoms with E-state index in [4.69, 9.17) is 0 Å². The number of nitrogens with zero attached hydrogens (tertiary/aromatic N) is 2. The average molecular weight is 536 g/mol. The van der Waals surface area contributed by atoms with E-state index in [2.05, 4.69) is 51.3 Å². The van der Waals surface area contributed by atoms with Gasteiger partial charge in [-0.2, -0.15) is 0 Å². The molecule has 0 aliphatic carbocycles. The molecule has 0 spiro atoms. The van der Waals surface area contributed by atoms with Crippen molar-refractivity contribution in [1.29, 1.82) is 5.41 Å². The van der Waals surface area contributed by atoms with Gasteiger partial charge < -0.3 is 9.80 Å². The van der Waals surface area contributed by atoms with E-state index in [0.717, 1.165) is 32.1 Å². The summed E-state index contributed by atoms with van der Waals surface area (Å²) >= 11 is 0. The molecule has 0 aliphatic heterocycles. The van der Waals surface area contributed by atoms with Gasteiger partial charge >= 0.3 is 0 Å². The van der Waals surface area contributed by atoms with Crippen molar-refractivity contribution in [3.8, 4) is 0 Å². The molecule has 1 N–H and O–H groups in total. The summed E-state index contributed by atoms with van der Waals surface area (Å²) in [4.78, 5) is 4.95. The average Bonchev–Trinajstić information content (AvgIpc) is 2.90. The SMILES string of the molecule is CCCCCCCCN(CCCCCCCC)C(=N)N(CCCCCCCC)CCCC(C)(C)CCCC. The van der Waals surface area contributed by atoms with Crippen molar-refractivity contribution in [2.24, 2.45) is 5.41 Å². The van der Waals surface area contributed by atoms with Crippen LogP contribution in [0.1, 0.15) is 189 Å². The smallest absolute Gasteiger partial charge is 0.193 e. The normalized spacial score (nSPS) is 11.7. The Kier molecular flexibility index (Phi) is 26.0. The Bertz CT molecular complexity index is 485. The minimum Gasteiger partial charge on any atom is -0.343 e. The molecule has 0 aromatic heterocycles. The van der Waals surface area contributed by atoms with Gasteiger partial charge in [0.15, 0.2) is 5.96 Å². The van der Waals surface area contributed by atoms with Gasteiger partial charge in [0.1, 0.15) is 0 Å². The number of guanidine groups is 1. The molecule has 0 atom stereocenters. The monoisotopic (exact) mass is 536 g/mol.